The van der Waals surface area contributed by atoms with Crippen molar-refractivity contribution in [3.05, 3.63) is 138 Å². The maximum Gasteiger partial charge on any atom is 0.119 e. The molecule has 0 aliphatic heterocycles. The maximum atomic E-state index is 5.89. The third-order valence-electron chi connectivity index (χ3n) is 5.27. The highest BCUT2D eigenvalue weighted by Gasteiger charge is 2.09. The normalized spacial score (nSPS) is 12.0. The molecule has 0 heterocycles. The van der Waals surface area contributed by atoms with Gasteiger partial charge in [-0.05, 0) is 59.4 Å². The first-order chi connectivity index (χ1) is 15.4. The molecule has 2 nitrogen and oxygen atoms in total. The number of benzene rings is 4. The number of aliphatic imine (C=N–C) groups is 1. The molecule has 4 aromatic carbocycles. The Bertz CT molecular complexity index is 1060. The van der Waals surface area contributed by atoms with E-state index in [2.05, 4.69) is 84.9 Å². The molecular weight excluding hydrogens is 378 g/mol. The van der Waals surface area contributed by atoms with Crippen LogP contribution in [-0.2, 0) is 13.0 Å². The van der Waals surface area contributed by atoms with Crippen LogP contribution < -0.4 is 4.74 Å². The van der Waals surface area contributed by atoms with Gasteiger partial charge in [-0.1, -0.05) is 91.0 Å². The minimum Gasteiger partial charge on any atom is -0.489 e. The lowest BCUT2D eigenvalue weighted by Gasteiger charge is -2.13. The van der Waals surface area contributed by atoms with E-state index >= 15 is 0 Å². The van der Waals surface area contributed by atoms with Crippen LogP contribution >= 0.6 is 0 Å². The first-order valence-corrected chi connectivity index (χ1v) is 10.8. The number of hydrogen-bond donors (Lipinski definition) is 0. The highest BCUT2D eigenvalue weighted by Crippen LogP contribution is 2.23. The summed E-state index contributed by atoms with van der Waals surface area (Å²) in [5.74, 6) is 0.865. The van der Waals surface area contributed by atoms with Gasteiger partial charge in [0, 0.05) is 6.21 Å². The van der Waals surface area contributed by atoms with Crippen molar-refractivity contribution in [2.45, 2.75) is 25.5 Å². The van der Waals surface area contributed by atoms with Crippen LogP contribution in [0.2, 0.25) is 0 Å². The molecule has 0 saturated heterocycles. The maximum absolute atomic E-state index is 5.89. The Morgan fingerprint density at radius 1 is 0.645 bits per heavy atom. The van der Waals surface area contributed by atoms with E-state index in [1.54, 1.807) is 0 Å². The Kier molecular flexibility index (Phi) is 7.27. The van der Waals surface area contributed by atoms with Gasteiger partial charge in [0.05, 0.1) is 6.04 Å². The van der Waals surface area contributed by atoms with Crippen molar-refractivity contribution in [1.29, 1.82) is 0 Å². The lowest BCUT2D eigenvalue weighted by atomic mass is 9.99. The zero-order chi connectivity index (χ0) is 21.1. The highest BCUT2D eigenvalue weighted by molar-refractivity contribution is 5.80. The van der Waals surface area contributed by atoms with Crippen LogP contribution in [0, 0.1) is 0 Å². The Morgan fingerprint density at radius 2 is 1.23 bits per heavy atom. The van der Waals surface area contributed by atoms with Crippen LogP contribution in [0.1, 0.15) is 34.7 Å². The topological polar surface area (TPSA) is 21.6 Å². The van der Waals surface area contributed by atoms with Crippen LogP contribution in [-0.4, -0.2) is 6.21 Å². The first kappa shape index (κ1) is 20.6. The summed E-state index contributed by atoms with van der Waals surface area (Å²) < 4.78 is 5.89. The molecule has 0 spiro atoms. The third-order valence-corrected chi connectivity index (χ3v) is 5.27. The van der Waals surface area contributed by atoms with Crippen molar-refractivity contribution in [3.63, 3.8) is 0 Å². The van der Waals surface area contributed by atoms with E-state index in [0.29, 0.717) is 6.61 Å². The number of hydrogen-bond acceptors (Lipinski definition) is 2. The van der Waals surface area contributed by atoms with Gasteiger partial charge in [-0.15, -0.1) is 0 Å². The summed E-state index contributed by atoms with van der Waals surface area (Å²) in [5, 5.41) is 0. The third kappa shape index (κ3) is 6.42. The summed E-state index contributed by atoms with van der Waals surface area (Å²) >= 11 is 0. The molecular formula is C29H27NO. The minimum absolute atomic E-state index is 0.135. The standard InChI is InChI=1S/C29H27NO/c1-4-10-24(11-5-1)18-21-29(27-14-8-3-9-15-27)30-22-25-16-19-28(20-17-25)31-23-26-12-6-2-7-13-26/h1-17,19-20,22,29H,18,21,23H2. The molecule has 1 unspecified atom stereocenters. The lowest BCUT2D eigenvalue weighted by Crippen LogP contribution is -1.99. The number of ether oxygens (including phenoxy) is 1. The molecule has 0 radical (unpaired) electrons. The molecule has 0 amide bonds. The van der Waals surface area contributed by atoms with Gasteiger partial charge in [0.1, 0.15) is 12.4 Å². The van der Waals surface area contributed by atoms with Gasteiger partial charge in [-0.2, -0.15) is 0 Å². The van der Waals surface area contributed by atoms with Crippen molar-refractivity contribution in [3.8, 4) is 5.75 Å². The minimum atomic E-state index is 0.135. The predicted molar refractivity (Wildman–Crippen MR) is 129 cm³/mol. The van der Waals surface area contributed by atoms with E-state index in [1.165, 1.54) is 11.1 Å². The van der Waals surface area contributed by atoms with Crippen LogP contribution in [0.3, 0.4) is 0 Å². The zero-order valence-corrected chi connectivity index (χ0v) is 17.6. The molecule has 154 valence electrons. The van der Waals surface area contributed by atoms with E-state index in [-0.39, 0.29) is 6.04 Å². The second-order valence-electron chi connectivity index (χ2n) is 7.57. The van der Waals surface area contributed by atoms with Crippen LogP contribution in [0.5, 0.6) is 5.75 Å². The lowest BCUT2D eigenvalue weighted by molar-refractivity contribution is 0.306. The SMILES string of the molecule is C(=NC(CCc1ccccc1)c1ccccc1)c1ccc(OCc2ccccc2)cc1. The zero-order valence-electron chi connectivity index (χ0n) is 17.6. The molecule has 4 rings (SSSR count). The average molecular weight is 406 g/mol. The Labute approximate surface area is 184 Å². The molecule has 0 fully saturated rings. The Morgan fingerprint density at radius 3 is 1.87 bits per heavy atom. The van der Waals surface area contributed by atoms with Gasteiger partial charge >= 0.3 is 0 Å². The predicted octanol–water partition coefficient (Wildman–Crippen LogP) is 7.06. The van der Waals surface area contributed by atoms with E-state index in [1.807, 2.05) is 36.5 Å². The molecule has 0 bridgehead atoms. The van der Waals surface area contributed by atoms with E-state index in [0.717, 1.165) is 29.7 Å². The van der Waals surface area contributed by atoms with Crippen molar-refractivity contribution < 1.29 is 4.74 Å². The van der Waals surface area contributed by atoms with Gasteiger partial charge in [-0.3, -0.25) is 4.99 Å². The molecule has 0 saturated carbocycles. The molecule has 31 heavy (non-hydrogen) atoms. The molecule has 0 N–H and O–H groups in total. The van der Waals surface area contributed by atoms with Crippen LogP contribution in [0.25, 0.3) is 0 Å². The van der Waals surface area contributed by atoms with Crippen LogP contribution in [0.4, 0.5) is 0 Å². The van der Waals surface area contributed by atoms with Crippen LogP contribution in [0.15, 0.2) is 120 Å². The Balaban J connectivity index is 1.40. The highest BCUT2D eigenvalue weighted by atomic mass is 16.5. The van der Waals surface area contributed by atoms with Gasteiger partial charge in [-0.25, -0.2) is 0 Å². The van der Waals surface area contributed by atoms with Gasteiger partial charge in [0.25, 0.3) is 0 Å². The largest absolute Gasteiger partial charge is 0.489 e. The molecule has 4 aromatic rings. The van der Waals surface area contributed by atoms with Gasteiger partial charge in [0.15, 0.2) is 0 Å². The fraction of sp³-hybridized carbons (Fsp3) is 0.138. The van der Waals surface area contributed by atoms with Crippen molar-refractivity contribution >= 4 is 6.21 Å². The second-order valence-corrected chi connectivity index (χ2v) is 7.57. The van der Waals surface area contributed by atoms with Crippen molar-refractivity contribution in [1.82, 2.24) is 0 Å². The molecule has 0 aliphatic carbocycles. The summed E-state index contributed by atoms with van der Waals surface area (Å²) in [4.78, 5) is 4.94. The fourth-order valence-electron chi connectivity index (χ4n) is 3.52. The quantitative estimate of drug-likeness (QED) is 0.273. The van der Waals surface area contributed by atoms with Crippen molar-refractivity contribution in [2.75, 3.05) is 0 Å². The summed E-state index contributed by atoms with van der Waals surface area (Å²) in [5.41, 5.74) is 4.83. The van der Waals surface area contributed by atoms with Gasteiger partial charge in [0.2, 0.25) is 0 Å². The fourth-order valence-corrected chi connectivity index (χ4v) is 3.52. The number of nitrogens with zero attached hydrogens (tertiary/aromatic N) is 1. The van der Waals surface area contributed by atoms with E-state index in [9.17, 15) is 0 Å². The molecule has 1 atom stereocenters. The summed E-state index contributed by atoms with van der Waals surface area (Å²) in [6, 6.07) is 39.6. The summed E-state index contributed by atoms with van der Waals surface area (Å²) in [7, 11) is 0. The second kappa shape index (κ2) is 10.9. The monoisotopic (exact) mass is 405 g/mol. The average Bonchev–Trinajstić information content (AvgIpc) is 2.85. The van der Waals surface area contributed by atoms with E-state index in [4.69, 9.17) is 9.73 Å². The summed E-state index contributed by atoms with van der Waals surface area (Å²) in [6.45, 7) is 0.573. The summed E-state index contributed by atoms with van der Waals surface area (Å²) in [6.07, 6.45) is 3.95. The van der Waals surface area contributed by atoms with Crippen molar-refractivity contribution in [2.24, 2.45) is 4.99 Å². The van der Waals surface area contributed by atoms with Gasteiger partial charge < -0.3 is 4.74 Å². The number of aryl methyl sites for hydroxylation is 1. The molecule has 2 heteroatoms. The molecule has 0 aromatic heterocycles. The Hall–Kier alpha value is -3.65. The molecule has 0 aliphatic rings. The van der Waals surface area contributed by atoms with E-state index < -0.39 is 0 Å². The smallest absolute Gasteiger partial charge is 0.119 e. The number of rotatable bonds is 9. The first-order valence-electron chi connectivity index (χ1n) is 10.8.